The molecule has 3 nitrogen and oxygen atoms in total. The van der Waals surface area contributed by atoms with E-state index in [9.17, 15) is 13.4 Å². The molecule has 2 rings (SSSR count). The summed E-state index contributed by atoms with van der Waals surface area (Å²) in [6, 6.07) is 9.60. The van der Waals surface area contributed by atoms with E-state index in [0.29, 0.717) is 25.1 Å². The zero-order valence-electron chi connectivity index (χ0n) is 11.3. The minimum Gasteiger partial charge on any atom is -0.509 e. The molecule has 106 valence electrons. The molecule has 1 saturated heterocycles. The van der Waals surface area contributed by atoms with Crippen molar-refractivity contribution in [2.45, 2.75) is 26.3 Å². The van der Waals surface area contributed by atoms with E-state index in [-0.39, 0.29) is 11.7 Å². The molecule has 0 spiro atoms. The Morgan fingerprint density at radius 2 is 2.05 bits per heavy atom. The molecule has 0 aromatic heterocycles. The molecule has 1 fully saturated rings. The van der Waals surface area contributed by atoms with Crippen LogP contribution < -0.4 is 0 Å². The molecule has 0 N–H and O–H groups in total. The van der Waals surface area contributed by atoms with Crippen LogP contribution in [-0.4, -0.2) is 24.8 Å². The van der Waals surface area contributed by atoms with Gasteiger partial charge in [0.1, 0.15) is 0 Å². The zero-order chi connectivity index (χ0) is 14.5. The highest BCUT2D eigenvalue weighted by atomic mass is 19.2. The fourth-order valence-corrected chi connectivity index (χ4v) is 2.33. The highest BCUT2D eigenvalue weighted by Gasteiger charge is 2.28. The molecule has 0 aliphatic carbocycles. The zero-order valence-corrected chi connectivity index (χ0v) is 11.3. The van der Waals surface area contributed by atoms with Crippen molar-refractivity contribution in [1.29, 1.82) is 0 Å². The number of carbonyl (C=O) groups excluding carboxylic acids is 1. The number of piperidine rings is 1. The van der Waals surface area contributed by atoms with E-state index in [0.717, 1.165) is 12.0 Å². The Hall–Kier alpha value is -1.85. The summed E-state index contributed by atoms with van der Waals surface area (Å²) in [6.45, 7) is 2.55. The second-order valence-corrected chi connectivity index (χ2v) is 4.73. The SMILES string of the molecule is C/C(OB(F)F)=C1\CCCN(Cc2ccccc2)C1=O. The third-order valence-electron chi connectivity index (χ3n) is 3.31. The number of amides is 1. The first-order chi connectivity index (χ1) is 9.58. The molecule has 1 heterocycles. The minimum absolute atomic E-state index is 0.0303. The van der Waals surface area contributed by atoms with Crippen molar-refractivity contribution < 1.29 is 18.1 Å². The summed E-state index contributed by atoms with van der Waals surface area (Å²) in [5, 5.41) is 0. The van der Waals surface area contributed by atoms with Gasteiger partial charge < -0.3 is 9.55 Å². The van der Waals surface area contributed by atoms with Crippen molar-refractivity contribution in [1.82, 2.24) is 4.90 Å². The van der Waals surface area contributed by atoms with Gasteiger partial charge in [0, 0.05) is 13.1 Å². The number of allylic oxidation sites excluding steroid dienone is 1. The summed E-state index contributed by atoms with van der Waals surface area (Å²) in [4.78, 5) is 14.0. The molecule has 0 atom stereocenters. The number of halogens is 2. The lowest BCUT2D eigenvalue weighted by molar-refractivity contribution is -0.129. The summed E-state index contributed by atoms with van der Waals surface area (Å²) < 4.78 is 28.8. The molecular weight excluding hydrogens is 263 g/mol. The summed E-state index contributed by atoms with van der Waals surface area (Å²) >= 11 is 0. The Bertz CT molecular complexity index is 505. The summed E-state index contributed by atoms with van der Waals surface area (Å²) in [7, 11) is -2.89. The number of rotatable bonds is 4. The van der Waals surface area contributed by atoms with Crippen LogP contribution in [-0.2, 0) is 16.0 Å². The van der Waals surface area contributed by atoms with Crippen LogP contribution in [0.4, 0.5) is 8.63 Å². The van der Waals surface area contributed by atoms with Crippen LogP contribution >= 0.6 is 0 Å². The second-order valence-electron chi connectivity index (χ2n) is 4.73. The van der Waals surface area contributed by atoms with Gasteiger partial charge in [0.15, 0.2) is 0 Å². The molecule has 0 bridgehead atoms. The van der Waals surface area contributed by atoms with E-state index < -0.39 is 7.47 Å². The van der Waals surface area contributed by atoms with Gasteiger partial charge in [-0.2, -0.15) is 0 Å². The number of benzene rings is 1. The highest BCUT2D eigenvalue weighted by molar-refractivity contribution is 6.34. The number of nitrogens with zero attached hydrogens (tertiary/aromatic N) is 1. The summed E-state index contributed by atoms with van der Waals surface area (Å²) in [5.41, 5.74) is 1.38. The lowest BCUT2D eigenvalue weighted by Crippen LogP contribution is -2.37. The quantitative estimate of drug-likeness (QED) is 0.481. The fraction of sp³-hybridized carbons (Fsp3) is 0.357. The molecule has 0 unspecified atom stereocenters. The van der Waals surface area contributed by atoms with Crippen LogP contribution in [0, 0.1) is 0 Å². The van der Waals surface area contributed by atoms with Crippen molar-refractivity contribution in [3.05, 3.63) is 47.2 Å². The third kappa shape index (κ3) is 3.59. The van der Waals surface area contributed by atoms with Crippen molar-refractivity contribution in [3.63, 3.8) is 0 Å². The van der Waals surface area contributed by atoms with Crippen LogP contribution in [0.3, 0.4) is 0 Å². The Morgan fingerprint density at radius 1 is 1.35 bits per heavy atom. The van der Waals surface area contributed by atoms with Crippen molar-refractivity contribution in [3.8, 4) is 0 Å². The fourth-order valence-electron chi connectivity index (χ4n) is 2.33. The molecule has 6 heteroatoms. The van der Waals surface area contributed by atoms with Gasteiger partial charge in [-0.05, 0) is 25.3 Å². The number of carbonyl (C=O) groups is 1. The molecule has 1 aromatic rings. The molecule has 1 aromatic carbocycles. The van der Waals surface area contributed by atoms with E-state index in [4.69, 9.17) is 0 Å². The minimum atomic E-state index is -2.89. The molecule has 0 radical (unpaired) electrons. The first kappa shape index (κ1) is 14.6. The van der Waals surface area contributed by atoms with E-state index in [2.05, 4.69) is 4.65 Å². The van der Waals surface area contributed by atoms with E-state index in [1.807, 2.05) is 30.3 Å². The van der Waals surface area contributed by atoms with Crippen molar-refractivity contribution in [2.75, 3.05) is 6.54 Å². The van der Waals surface area contributed by atoms with Gasteiger partial charge in [0.2, 0.25) is 0 Å². The summed E-state index contributed by atoms with van der Waals surface area (Å²) in [6.07, 6.45) is 1.25. The first-order valence-electron chi connectivity index (χ1n) is 6.55. The van der Waals surface area contributed by atoms with Crippen LogP contribution in [0.15, 0.2) is 41.7 Å². The molecule has 0 saturated carbocycles. The molecule has 1 amide bonds. The Labute approximate surface area is 117 Å². The number of hydrogen-bond acceptors (Lipinski definition) is 2. The molecule has 1 aliphatic rings. The van der Waals surface area contributed by atoms with Gasteiger partial charge in [-0.1, -0.05) is 30.3 Å². The average molecular weight is 279 g/mol. The van der Waals surface area contributed by atoms with E-state index >= 15 is 0 Å². The topological polar surface area (TPSA) is 29.5 Å². The highest BCUT2D eigenvalue weighted by Crippen LogP contribution is 2.23. The maximum atomic E-state index is 12.3. The Kier molecular flexibility index (Phi) is 4.77. The van der Waals surface area contributed by atoms with Crippen LogP contribution in [0.1, 0.15) is 25.3 Å². The predicted octanol–water partition coefficient (Wildman–Crippen LogP) is 3.02. The normalized spacial score (nSPS) is 17.9. The predicted molar refractivity (Wildman–Crippen MR) is 72.8 cm³/mol. The van der Waals surface area contributed by atoms with Crippen molar-refractivity contribution >= 4 is 13.4 Å². The third-order valence-corrected chi connectivity index (χ3v) is 3.31. The molecular formula is C14H16BF2NO2. The average Bonchev–Trinajstić information content (AvgIpc) is 2.41. The summed E-state index contributed by atoms with van der Waals surface area (Å²) in [5.74, 6) is -0.180. The van der Waals surface area contributed by atoms with Gasteiger partial charge in [-0.15, -0.1) is 0 Å². The van der Waals surface area contributed by atoms with Crippen LogP contribution in [0.5, 0.6) is 0 Å². The maximum absolute atomic E-state index is 12.3. The van der Waals surface area contributed by atoms with Gasteiger partial charge in [0.25, 0.3) is 5.91 Å². The van der Waals surface area contributed by atoms with E-state index in [1.165, 1.54) is 6.92 Å². The van der Waals surface area contributed by atoms with Crippen LogP contribution in [0.2, 0.25) is 0 Å². The maximum Gasteiger partial charge on any atom is 0.796 e. The van der Waals surface area contributed by atoms with Crippen LogP contribution in [0.25, 0.3) is 0 Å². The first-order valence-corrected chi connectivity index (χ1v) is 6.55. The second kappa shape index (κ2) is 6.54. The molecule has 20 heavy (non-hydrogen) atoms. The van der Waals surface area contributed by atoms with Gasteiger partial charge in [0.05, 0.1) is 11.3 Å². The standard InChI is InChI=1S/C14H16BF2NO2/c1-11(20-15(16)17)13-8-5-9-18(14(13)19)10-12-6-3-2-4-7-12/h2-4,6-7H,5,8-10H2,1H3/b13-11-. The van der Waals surface area contributed by atoms with E-state index in [1.54, 1.807) is 4.90 Å². The lowest BCUT2D eigenvalue weighted by atomic mass is 10.0. The van der Waals surface area contributed by atoms with Gasteiger partial charge in [-0.3, -0.25) is 4.79 Å². The van der Waals surface area contributed by atoms with Gasteiger partial charge >= 0.3 is 7.47 Å². The Balaban J connectivity index is 2.11. The number of hydrogen-bond donors (Lipinski definition) is 0. The monoisotopic (exact) mass is 279 g/mol. The van der Waals surface area contributed by atoms with Gasteiger partial charge in [-0.25, -0.2) is 8.63 Å². The number of likely N-dealkylation sites (tertiary alicyclic amines) is 1. The largest absolute Gasteiger partial charge is 0.796 e. The smallest absolute Gasteiger partial charge is 0.509 e. The van der Waals surface area contributed by atoms with Crippen molar-refractivity contribution in [2.24, 2.45) is 0 Å². The Morgan fingerprint density at radius 3 is 2.70 bits per heavy atom. The molecule has 1 aliphatic heterocycles. The lowest BCUT2D eigenvalue weighted by Gasteiger charge is -2.29.